The number of carboxylic acids is 1. The number of piperidine rings is 1. The number of hydrogen-bond acceptors (Lipinski definition) is 4. The Morgan fingerprint density at radius 1 is 1.40 bits per heavy atom. The maximum Gasteiger partial charge on any atom is 0.309 e. The van der Waals surface area contributed by atoms with E-state index in [4.69, 9.17) is 5.73 Å². The van der Waals surface area contributed by atoms with Crippen molar-refractivity contribution in [2.24, 2.45) is 11.1 Å². The van der Waals surface area contributed by atoms with Gasteiger partial charge in [0.25, 0.3) is 0 Å². The zero-order valence-electron chi connectivity index (χ0n) is 11.5. The van der Waals surface area contributed by atoms with Gasteiger partial charge in [-0.05, 0) is 31.4 Å². The van der Waals surface area contributed by atoms with E-state index in [9.17, 15) is 14.7 Å². The van der Waals surface area contributed by atoms with Gasteiger partial charge in [-0.25, -0.2) is 4.98 Å². The Morgan fingerprint density at radius 2 is 2.05 bits per heavy atom. The van der Waals surface area contributed by atoms with Crippen LogP contribution >= 0.6 is 0 Å². The van der Waals surface area contributed by atoms with Crippen molar-refractivity contribution >= 4 is 17.7 Å². The minimum atomic E-state index is -0.711. The molecule has 2 heterocycles. The molecule has 3 N–H and O–H groups in total. The lowest BCUT2D eigenvalue weighted by molar-refractivity contribution is -0.150. The molecule has 0 aromatic carbocycles. The third-order valence-electron chi connectivity index (χ3n) is 4.21. The molecule has 0 atom stereocenters. The maximum absolute atomic E-state index is 11.4. The summed E-state index contributed by atoms with van der Waals surface area (Å²) in [6, 6.07) is 3.39. The number of hydrogen-bond donors (Lipinski definition) is 2. The number of amides is 1. The molecule has 1 aromatic rings. The van der Waals surface area contributed by atoms with Crippen LogP contribution in [-0.2, 0) is 4.79 Å². The van der Waals surface area contributed by atoms with Crippen LogP contribution in [-0.4, -0.2) is 35.1 Å². The molecule has 6 heteroatoms. The molecule has 0 radical (unpaired) electrons. The van der Waals surface area contributed by atoms with Crippen molar-refractivity contribution in [1.29, 1.82) is 0 Å². The van der Waals surface area contributed by atoms with Crippen molar-refractivity contribution in [3.63, 3.8) is 0 Å². The number of pyridine rings is 1. The fourth-order valence-corrected chi connectivity index (χ4v) is 2.60. The van der Waals surface area contributed by atoms with Crippen LogP contribution in [0.5, 0.6) is 0 Å². The summed E-state index contributed by atoms with van der Waals surface area (Å²) in [5.41, 5.74) is 4.94. The van der Waals surface area contributed by atoms with Gasteiger partial charge in [-0.3, -0.25) is 9.59 Å². The fourth-order valence-electron chi connectivity index (χ4n) is 2.60. The van der Waals surface area contributed by atoms with Crippen molar-refractivity contribution < 1.29 is 14.7 Å². The molecule has 2 rings (SSSR count). The third kappa shape index (κ3) is 2.59. The highest BCUT2D eigenvalue weighted by Crippen LogP contribution is 2.36. The molecule has 1 aromatic heterocycles. The number of carbonyl (C=O) groups is 2. The molecule has 1 saturated heterocycles. The summed E-state index contributed by atoms with van der Waals surface area (Å²) in [7, 11) is 0. The average molecular weight is 277 g/mol. The summed E-state index contributed by atoms with van der Waals surface area (Å²) in [6.45, 7) is 3.23. The average Bonchev–Trinajstić information content (AvgIpc) is 2.47. The van der Waals surface area contributed by atoms with Gasteiger partial charge in [0.15, 0.2) is 0 Å². The Labute approximate surface area is 117 Å². The van der Waals surface area contributed by atoms with Crippen LogP contribution in [0.1, 0.15) is 36.5 Å². The van der Waals surface area contributed by atoms with Crippen molar-refractivity contribution in [3.05, 3.63) is 23.9 Å². The highest BCUT2D eigenvalue weighted by atomic mass is 16.4. The standard InChI is InChI=1S/C14H19N3O3/c1-2-14(13(19)20)5-7-17(8-6-14)11-4-3-10(9-16-11)12(15)18/h3-4,9H,2,5-8H2,1H3,(H2,15,18)(H,19,20). The summed E-state index contributed by atoms with van der Waals surface area (Å²) in [6.07, 6.45) is 3.32. The second-order valence-electron chi connectivity index (χ2n) is 5.20. The van der Waals surface area contributed by atoms with E-state index in [0.29, 0.717) is 37.9 Å². The van der Waals surface area contributed by atoms with Gasteiger partial charge in [-0.1, -0.05) is 6.92 Å². The topological polar surface area (TPSA) is 96.5 Å². The second kappa shape index (κ2) is 5.48. The smallest absolute Gasteiger partial charge is 0.309 e. The number of carbonyl (C=O) groups excluding carboxylic acids is 1. The summed E-state index contributed by atoms with van der Waals surface area (Å²) in [4.78, 5) is 28.6. The van der Waals surface area contributed by atoms with E-state index in [1.54, 1.807) is 12.1 Å². The third-order valence-corrected chi connectivity index (χ3v) is 4.21. The van der Waals surface area contributed by atoms with Crippen LogP contribution in [0.15, 0.2) is 18.3 Å². The minimum absolute atomic E-state index is 0.374. The van der Waals surface area contributed by atoms with Gasteiger partial charge >= 0.3 is 5.97 Å². The lowest BCUT2D eigenvalue weighted by atomic mass is 9.76. The molecule has 1 aliphatic heterocycles. The molecule has 0 saturated carbocycles. The Morgan fingerprint density at radius 3 is 2.45 bits per heavy atom. The molecule has 108 valence electrons. The van der Waals surface area contributed by atoms with Gasteiger partial charge in [0, 0.05) is 19.3 Å². The second-order valence-corrected chi connectivity index (χ2v) is 5.20. The number of aliphatic carboxylic acids is 1. The Bertz CT molecular complexity index is 505. The normalized spacial score (nSPS) is 17.8. The molecular weight excluding hydrogens is 258 g/mol. The fraction of sp³-hybridized carbons (Fsp3) is 0.500. The van der Waals surface area contributed by atoms with Gasteiger partial charge in [0.1, 0.15) is 5.82 Å². The first-order valence-electron chi connectivity index (χ1n) is 6.73. The number of carboxylic acid groups (broad SMARTS) is 1. The van der Waals surface area contributed by atoms with E-state index in [2.05, 4.69) is 4.98 Å². The number of rotatable bonds is 4. The molecular formula is C14H19N3O3. The van der Waals surface area contributed by atoms with E-state index in [1.807, 2.05) is 11.8 Å². The number of primary amides is 1. The zero-order chi connectivity index (χ0) is 14.8. The van der Waals surface area contributed by atoms with E-state index in [1.165, 1.54) is 6.20 Å². The van der Waals surface area contributed by atoms with Gasteiger partial charge in [-0.2, -0.15) is 0 Å². The SMILES string of the molecule is CCC1(C(=O)O)CCN(c2ccc(C(N)=O)cn2)CC1. The first kappa shape index (κ1) is 14.3. The predicted molar refractivity (Wildman–Crippen MR) is 74.6 cm³/mol. The molecule has 6 nitrogen and oxygen atoms in total. The van der Waals surface area contributed by atoms with Gasteiger partial charge in [0.05, 0.1) is 11.0 Å². The summed E-state index contributed by atoms with van der Waals surface area (Å²) in [5.74, 6) is -0.458. The van der Waals surface area contributed by atoms with Crippen molar-refractivity contribution in [1.82, 2.24) is 4.98 Å². The van der Waals surface area contributed by atoms with Gasteiger partial charge in [0.2, 0.25) is 5.91 Å². The van der Waals surface area contributed by atoms with Crippen LogP contribution in [0.4, 0.5) is 5.82 Å². The zero-order valence-corrected chi connectivity index (χ0v) is 11.5. The van der Waals surface area contributed by atoms with Crippen LogP contribution in [0, 0.1) is 5.41 Å². The largest absolute Gasteiger partial charge is 0.481 e. The summed E-state index contributed by atoms with van der Waals surface area (Å²) < 4.78 is 0. The van der Waals surface area contributed by atoms with E-state index in [-0.39, 0.29) is 0 Å². The Balaban J connectivity index is 2.07. The molecule has 1 aliphatic rings. The highest BCUT2D eigenvalue weighted by molar-refractivity contribution is 5.92. The molecule has 1 fully saturated rings. The summed E-state index contributed by atoms with van der Waals surface area (Å²) >= 11 is 0. The summed E-state index contributed by atoms with van der Waals surface area (Å²) in [5, 5.41) is 9.36. The lowest BCUT2D eigenvalue weighted by Crippen LogP contribution is -2.44. The maximum atomic E-state index is 11.4. The van der Waals surface area contributed by atoms with Crippen LogP contribution in [0.25, 0.3) is 0 Å². The van der Waals surface area contributed by atoms with Crippen LogP contribution in [0.2, 0.25) is 0 Å². The van der Waals surface area contributed by atoms with Crippen molar-refractivity contribution in [2.45, 2.75) is 26.2 Å². The lowest BCUT2D eigenvalue weighted by Gasteiger charge is -2.38. The van der Waals surface area contributed by atoms with E-state index >= 15 is 0 Å². The molecule has 0 aliphatic carbocycles. The molecule has 0 spiro atoms. The first-order valence-corrected chi connectivity index (χ1v) is 6.73. The first-order chi connectivity index (χ1) is 9.48. The number of nitrogens with two attached hydrogens (primary N) is 1. The monoisotopic (exact) mass is 277 g/mol. The highest BCUT2D eigenvalue weighted by Gasteiger charge is 2.40. The number of anilines is 1. The van der Waals surface area contributed by atoms with Crippen molar-refractivity contribution in [2.75, 3.05) is 18.0 Å². The molecule has 1 amide bonds. The Hall–Kier alpha value is -2.11. The predicted octanol–water partition coefficient (Wildman–Crippen LogP) is 1.26. The van der Waals surface area contributed by atoms with Crippen LogP contribution < -0.4 is 10.6 Å². The molecule has 20 heavy (non-hydrogen) atoms. The minimum Gasteiger partial charge on any atom is -0.481 e. The van der Waals surface area contributed by atoms with Gasteiger partial charge in [-0.15, -0.1) is 0 Å². The molecule has 0 unspecified atom stereocenters. The molecule has 0 bridgehead atoms. The number of nitrogens with zero attached hydrogens (tertiary/aromatic N) is 2. The van der Waals surface area contributed by atoms with Gasteiger partial charge < -0.3 is 15.7 Å². The van der Waals surface area contributed by atoms with Crippen molar-refractivity contribution in [3.8, 4) is 0 Å². The number of aromatic nitrogens is 1. The van der Waals surface area contributed by atoms with Crippen LogP contribution in [0.3, 0.4) is 0 Å². The van der Waals surface area contributed by atoms with E-state index < -0.39 is 17.3 Å². The van der Waals surface area contributed by atoms with E-state index in [0.717, 1.165) is 5.82 Å². The quantitative estimate of drug-likeness (QED) is 0.863. The Kier molecular flexibility index (Phi) is 3.92.